The third-order valence-electron chi connectivity index (χ3n) is 6.54. The average molecular weight is 560 g/mol. The van der Waals surface area contributed by atoms with Crippen molar-refractivity contribution in [2.75, 3.05) is 26.2 Å². The molecule has 0 radical (unpaired) electrons. The van der Waals surface area contributed by atoms with Gasteiger partial charge in [0.05, 0.1) is 5.56 Å². The van der Waals surface area contributed by atoms with Gasteiger partial charge in [0, 0.05) is 31.1 Å². The Hall–Kier alpha value is -3.41. The number of nitrogens with zero attached hydrogens (tertiary/aromatic N) is 1. The lowest BCUT2D eigenvalue weighted by Crippen LogP contribution is -2.31. The monoisotopic (exact) mass is 559 g/mol. The van der Waals surface area contributed by atoms with Gasteiger partial charge in [-0.1, -0.05) is 6.07 Å². The summed E-state index contributed by atoms with van der Waals surface area (Å²) in [6, 6.07) is 7.81. The smallest absolute Gasteiger partial charge is 0.425 e. The van der Waals surface area contributed by atoms with Crippen LogP contribution in [0.25, 0.3) is 6.08 Å². The number of halogens is 6. The molecule has 0 spiro atoms. The van der Waals surface area contributed by atoms with E-state index in [2.05, 4.69) is 9.64 Å². The number of likely N-dealkylation sites (tertiary alicyclic amines) is 1. The van der Waals surface area contributed by atoms with E-state index in [9.17, 15) is 31.1 Å². The van der Waals surface area contributed by atoms with Crippen LogP contribution in [0.1, 0.15) is 36.5 Å². The number of carboxylic acid groups (broad SMARTS) is 1. The lowest BCUT2D eigenvalue weighted by Gasteiger charge is -2.23. The first-order valence-corrected chi connectivity index (χ1v) is 12.2. The Balaban J connectivity index is 1.39. The number of benzene rings is 2. The fourth-order valence-corrected chi connectivity index (χ4v) is 4.54. The molecule has 2 aromatic carbocycles. The molecule has 0 saturated carbocycles. The highest BCUT2D eigenvalue weighted by molar-refractivity contribution is 5.67. The Morgan fingerprint density at radius 2 is 1.92 bits per heavy atom. The minimum Gasteiger partial charge on any atom is -0.489 e. The van der Waals surface area contributed by atoms with E-state index in [4.69, 9.17) is 14.6 Å². The number of carboxylic acids is 1. The molecule has 1 saturated heterocycles. The van der Waals surface area contributed by atoms with Gasteiger partial charge in [-0.3, -0.25) is 9.69 Å². The average Bonchev–Trinajstić information content (AvgIpc) is 3.27. The summed E-state index contributed by atoms with van der Waals surface area (Å²) in [5.74, 6) is -0.675. The van der Waals surface area contributed by atoms with Crippen molar-refractivity contribution < 1.29 is 50.5 Å². The normalized spacial score (nSPS) is 18.6. The molecular formula is C27H27F6NO5. The second-order valence-electron chi connectivity index (χ2n) is 9.70. The first-order valence-electron chi connectivity index (χ1n) is 12.2. The molecule has 1 N–H and O–H groups in total. The molecule has 0 aliphatic carbocycles. The summed E-state index contributed by atoms with van der Waals surface area (Å²) in [5.41, 5.74) is 0.624. The molecule has 1 unspecified atom stereocenters. The summed E-state index contributed by atoms with van der Waals surface area (Å²) in [4.78, 5) is 13.1. The van der Waals surface area contributed by atoms with E-state index in [1.54, 1.807) is 18.2 Å². The van der Waals surface area contributed by atoms with Crippen LogP contribution in [0, 0.1) is 5.92 Å². The van der Waals surface area contributed by atoms with Gasteiger partial charge in [-0.15, -0.1) is 0 Å². The summed E-state index contributed by atoms with van der Waals surface area (Å²) >= 11 is 0. The van der Waals surface area contributed by atoms with E-state index in [-0.39, 0.29) is 24.5 Å². The second kappa shape index (κ2) is 11.4. The van der Waals surface area contributed by atoms with Crippen LogP contribution in [-0.2, 0) is 17.6 Å². The molecular weight excluding hydrogens is 532 g/mol. The third kappa shape index (κ3) is 7.59. The van der Waals surface area contributed by atoms with E-state index >= 15 is 0 Å². The van der Waals surface area contributed by atoms with Crippen LogP contribution in [0.3, 0.4) is 0 Å². The maximum absolute atomic E-state index is 13.5. The number of rotatable bonds is 9. The number of hydrogen-bond donors (Lipinski definition) is 1. The van der Waals surface area contributed by atoms with E-state index in [1.807, 2.05) is 6.08 Å². The summed E-state index contributed by atoms with van der Waals surface area (Å²) in [7, 11) is 0. The van der Waals surface area contributed by atoms with Crippen LogP contribution in [-0.4, -0.2) is 54.5 Å². The van der Waals surface area contributed by atoms with Crippen molar-refractivity contribution in [2.24, 2.45) is 5.92 Å². The van der Waals surface area contributed by atoms with Gasteiger partial charge in [0.15, 0.2) is 6.10 Å². The molecule has 2 aliphatic heterocycles. The summed E-state index contributed by atoms with van der Waals surface area (Å²) in [6.45, 7) is 2.91. The van der Waals surface area contributed by atoms with Gasteiger partial charge < -0.3 is 19.3 Å². The number of aliphatic carboxylic acids is 1. The summed E-state index contributed by atoms with van der Waals surface area (Å²) in [5, 5.41) is 8.98. The van der Waals surface area contributed by atoms with Crippen LogP contribution in [0.5, 0.6) is 17.2 Å². The van der Waals surface area contributed by atoms with Crippen LogP contribution >= 0.6 is 0 Å². The van der Waals surface area contributed by atoms with Gasteiger partial charge in [0.2, 0.25) is 0 Å². The Bertz CT molecular complexity index is 1230. The van der Waals surface area contributed by atoms with Crippen LogP contribution in [0.2, 0.25) is 0 Å². The van der Waals surface area contributed by atoms with Crippen molar-refractivity contribution in [1.82, 2.24) is 4.90 Å². The van der Waals surface area contributed by atoms with Crippen LogP contribution in [0.15, 0.2) is 42.0 Å². The predicted molar refractivity (Wildman–Crippen MR) is 129 cm³/mol. The van der Waals surface area contributed by atoms with Crippen molar-refractivity contribution in [1.29, 1.82) is 0 Å². The Morgan fingerprint density at radius 1 is 1.15 bits per heavy atom. The zero-order valence-electron chi connectivity index (χ0n) is 20.9. The molecule has 0 amide bonds. The molecule has 2 heterocycles. The lowest BCUT2D eigenvalue weighted by molar-refractivity contribution is -0.191. The first kappa shape index (κ1) is 28.6. The second-order valence-corrected chi connectivity index (χ2v) is 9.70. The molecule has 0 bridgehead atoms. The molecule has 0 aromatic heterocycles. The van der Waals surface area contributed by atoms with Crippen molar-refractivity contribution >= 4 is 12.0 Å². The Labute approximate surface area is 220 Å². The molecule has 12 heteroatoms. The molecule has 2 aliphatic rings. The van der Waals surface area contributed by atoms with E-state index in [0.717, 1.165) is 30.2 Å². The van der Waals surface area contributed by atoms with Crippen LogP contribution in [0.4, 0.5) is 26.3 Å². The van der Waals surface area contributed by atoms with Gasteiger partial charge in [0.25, 0.3) is 0 Å². The van der Waals surface area contributed by atoms with Gasteiger partial charge in [-0.2, -0.15) is 26.3 Å². The highest BCUT2D eigenvalue weighted by Gasteiger charge is 2.41. The predicted octanol–water partition coefficient (Wildman–Crippen LogP) is 6.19. The zero-order valence-corrected chi connectivity index (χ0v) is 20.9. The highest BCUT2D eigenvalue weighted by atomic mass is 19.4. The minimum absolute atomic E-state index is 0.0990. The standard InChI is InChI=1S/C27H27F6NO5/c1-16(26(28,29)30)39-23-5-2-18(9-22(23)27(31,32)33)14-37-21-4-3-20-8-19(15-38-24(20)11-21)13-34-7-6-17(12-34)10-25(35)36/h2-5,8-9,11,16-17H,6-7,10,12-15H2,1H3,(H,35,36)/t16-,17?/m0/s1. The fourth-order valence-electron chi connectivity index (χ4n) is 4.54. The molecule has 6 nitrogen and oxygen atoms in total. The maximum atomic E-state index is 13.5. The number of carbonyl (C=O) groups is 1. The van der Waals surface area contributed by atoms with Gasteiger partial charge in [0.1, 0.15) is 30.5 Å². The molecule has 39 heavy (non-hydrogen) atoms. The van der Waals surface area contributed by atoms with E-state index in [0.29, 0.717) is 44.2 Å². The number of hydrogen-bond acceptors (Lipinski definition) is 5. The molecule has 2 atom stereocenters. The topological polar surface area (TPSA) is 68.2 Å². The third-order valence-corrected chi connectivity index (χ3v) is 6.54. The maximum Gasteiger partial charge on any atom is 0.425 e. The fraction of sp³-hybridized carbons (Fsp3) is 0.444. The van der Waals surface area contributed by atoms with Gasteiger partial charge in [-0.05, 0) is 67.3 Å². The zero-order chi connectivity index (χ0) is 28.4. The summed E-state index contributed by atoms with van der Waals surface area (Å²) < 4.78 is 94.9. The van der Waals surface area contributed by atoms with Gasteiger partial charge in [-0.25, -0.2) is 0 Å². The number of alkyl halides is 6. The van der Waals surface area contributed by atoms with Crippen molar-refractivity contribution in [3.05, 3.63) is 58.7 Å². The Morgan fingerprint density at radius 3 is 2.62 bits per heavy atom. The summed E-state index contributed by atoms with van der Waals surface area (Å²) in [6.07, 6.45) is -9.16. The highest BCUT2D eigenvalue weighted by Crippen LogP contribution is 2.39. The SMILES string of the molecule is C[C@H](Oc1ccc(COc2ccc3c(c2)OCC(CN2CCC(CC(=O)O)C2)=C3)cc1C(F)(F)F)C(F)(F)F. The van der Waals surface area contributed by atoms with Crippen LogP contribution < -0.4 is 14.2 Å². The van der Waals surface area contributed by atoms with E-state index in [1.165, 1.54) is 6.07 Å². The largest absolute Gasteiger partial charge is 0.489 e. The first-order chi connectivity index (χ1) is 18.3. The number of ether oxygens (including phenoxy) is 3. The quantitative estimate of drug-likeness (QED) is 0.370. The molecule has 4 rings (SSSR count). The van der Waals surface area contributed by atoms with Crippen molar-refractivity contribution in [2.45, 2.75) is 44.8 Å². The molecule has 212 valence electrons. The van der Waals surface area contributed by atoms with Crippen molar-refractivity contribution in [3.63, 3.8) is 0 Å². The number of fused-ring (bicyclic) bond motifs is 1. The van der Waals surface area contributed by atoms with Gasteiger partial charge >= 0.3 is 18.3 Å². The minimum atomic E-state index is -4.92. The lowest BCUT2D eigenvalue weighted by atomic mass is 10.1. The Kier molecular flexibility index (Phi) is 8.34. The molecule has 2 aromatic rings. The van der Waals surface area contributed by atoms with Crippen molar-refractivity contribution in [3.8, 4) is 17.2 Å². The van der Waals surface area contributed by atoms with E-state index < -0.39 is 35.7 Å². The molecule has 1 fully saturated rings.